The molecule has 0 saturated carbocycles. The van der Waals surface area contributed by atoms with E-state index in [0.29, 0.717) is 11.6 Å². The molecule has 1 aliphatic rings. The SMILES string of the molecule is O=C(/C=C/c1cc[c]c(Cl)c1-c1ccccc1Br)N1CCCCC1CO. The van der Waals surface area contributed by atoms with E-state index >= 15 is 0 Å². The molecule has 1 radical (unpaired) electrons. The van der Waals surface area contributed by atoms with Gasteiger partial charge in [-0.25, -0.2) is 0 Å². The highest BCUT2D eigenvalue weighted by Gasteiger charge is 2.24. The fraction of sp³-hybridized carbons (Fsp3) is 0.286. The second-order valence-electron chi connectivity index (χ2n) is 6.30. The molecule has 1 N–H and O–H groups in total. The van der Waals surface area contributed by atoms with Crippen molar-refractivity contribution in [2.45, 2.75) is 25.3 Å². The number of carbonyl (C=O) groups is 1. The molecule has 0 spiro atoms. The first-order valence-corrected chi connectivity index (χ1v) is 9.83. The Morgan fingerprint density at radius 1 is 1.35 bits per heavy atom. The Morgan fingerprint density at radius 2 is 2.15 bits per heavy atom. The van der Waals surface area contributed by atoms with Crippen molar-refractivity contribution in [3.8, 4) is 11.1 Å². The maximum Gasteiger partial charge on any atom is 0.246 e. The molecule has 1 aliphatic heterocycles. The maximum absolute atomic E-state index is 12.6. The number of rotatable bonds is 4. The molecule has 26 heavy (non-hydrogen) atoms. The summed E-state index contributed by atoms with van der Waals surface area (Å²) in [7, 11) is 0. The van der Waals surface area contributed by atoms with Crippen molar-refractivity contribution in [3.05, 3.63) is 63.6 Å². The predicted molar refractivity (Wildman–Crippen MR) is 109 cm³/mol. The third kappa shape index (κ3) is 4.20. The lowest BCUT2D eigenvalue weighted by Crippen LogP contribution is -2.44. The van der Waals surface area contributed by atoms with Crippen LogP contribution >= 0.6 is 27.5 Å². The van der Waals surface area contributed by atoms with Crippen LogP contribution in [0.2, 0.25) is 5.02 Å². The summed E-state index contributed by atoms with van der Waals surface area (Å²) in [6, 6.07) is 14.4. The van der Waals surface area contributed by atoms with Crippen LogP contribution in [0.3, 0.4) is 0 Å². The lowest BCUT2D eigenvalue weighted by Gasteiger charge is -2.33. The van der Waals surface area contributed by atoms with E-state index < -0.39 is 0 Å². The smallest absolute Gasteiger partial charge is 0.246 e. The number of halogens is 2. The van der Waals surface area contributed by atoms with Crippen LogP contribution in [0.5, 0.6) is 0 Å². The van der Waals surface area contributed by atoms with Gasteiger partial charge in [0.1, 0.15) is 0 Å². The van der Waals surface area contributed by atoms with Crippen LogP contribution in [0.15, 0.2) is 46.9 Å². The van der Waals surface area contributed by atoms with Gasteiger partial charge in [0, 0.05) is 28.7 Å². The van der Waals surface area contributed by atoms with E-state index in [1.165, 1.54) is 0 Å². The van der Waals surface area contributed by atoms with Crippen LogP contribution in [-0.2, 0) is 4.79 Å². The van der Waals surface area contributed by atoms with Gasteiger partial charge in [0.25, 0.3) is 0 Å². The predicted octanol–water partition coefficient (Wildman–Crippen LogP) is 4.96. The molecule has 0 aliphatic carbocycles. The third-order valence-electron chi connectivity index (χ3n) is 4.65. The molecular weight excluding hydrogens is 414 g/mol. The van der Waals surface area contributed by atoms with Crippen molar-refractivity contribution in [2.75, 3.05) is 13.2 Å². The summed E-state index contributed by atoms with van der Waals surface area (Å²) in [4.78, 5) is 14.4. The number of carbonyl (C=O) groups excluding carboxylic acids is 1. The lowest BCUT2D eigenvalue weighted by molar-refractivity contribution is -0.130. The largest absolute Gasteiger partial charge is 0.394 e. The molecule has 1 heterocycles. The molecule has 135 valence electrons. The van der Waals surface area contributed by atoms with Crippen LogP contribution in [0.4, 0.5) is 0 Å². The summed E-state index contributed by atoms with van der Waals surface area (Å²) in [6.07, 6.45) is 6.24. The number of hydrogen-bond donors (Lipinski definition) is 1. The highest BCUT2D eigenvalue weighted by Crippen LogP contribution is 2.36. The van der Waals surface area contributed by atoms with E-state index in [-0.39, 0.29) is 18.6 Å². The first-order chi connectivity index (χ1) is 12.6. The maximum atomic E-state index is 12.6. The molecule has 3 rings (SSSR count). The summed E-state index contributed by atoms with van der Waals surface area (Å²) in [5.41, 5.74) is 2.64. The van der Waals surface area contributed by atoms with E-state index in [0.717, 1.165) is 40.4 Å². The Hall–Kier alpha value is -1.62. The van der Waals surface area contributed by atoms with Crippen LogP contribution in [0.1, 0.15) is 24.8 Å². The van der Waals surface area contributed by atoms with Crippen LogP contribution in [0, 0.1) is 6.07 Å². The highest BCUT2D eigenvalue weighted by atomic mass is 79.9. The molecule has 1 unspecified atom stereocenters. The minimum Gasteiger partial charge on any atom is -0.394 e. The van der Waals surface area contributed by atoms with Crippen molar-refractivity contribution in [1.29, 1.82) is 0 Å². The van der Waals surface area contributed by atoms with Crippen molar-refractivity contribution in [3.63, 3.8) is 0 Å². The van der Waals surface area contributed by atoms with E-state index in [1.54, 1.807) is 23.1 Å². The summed E-state index contributed by atoms with van der Waals surface area (Å²) in [5, 5.41) is 10.0. The number of amides is 1. The first kappa shape index (κ1) is 19.2. The van der Waals surface area contributed by atoms with Crippen LogP contribution in [-0.4, -0.2) is 35.1 Å². The highest BCUT2D eigenvalue weighted by molar-refractivity contribution is 9.10. The third-order valence-corrected chi connectivity index (χ3v) is 5.64. The van der Waals surface area contributed by atoms with Gasteiger partial charge >= 0.3 is 0 Å². The second kappa shape index (κ2) is 8.85. The van der Waals surface area contributed by atoms with Gasteiger partial charge in [-0.05, 0) is 42.5 Å². The molecule has 5 heteroatoms. The number of nitrogens with zero attached hydrogens (tertiary/aromatic N) is 1. The fourth-order valence-corrected chi connectivity index (χ4v) is 4.06. The normalized spacial score (nSPS) is 17.7. The Labute approximate surface area is 167 Å². The van der Waals surface area contributed by atoms with E-state index in [4.69, 9.17) is 11.6 Å². The average molecular weight is 434 g/mol. The lowest BCUT2D eigenvalue weighted by atomic mass is 9.99. The first-order valence-electron chi connectivity index (χ1n) is 8.66. The minimum atomic E-state index is -0.0867. The second-order valence-corrected chi connectivity index (χ2v) is 7.53. The van der Waals surface area contributed by atoms with Crippen molar-refractivity contribution in [1.82, 2.24) is 4.90 Å². The van der Waals surface area contributed by atoms with E-state index in [2.05, 4.69) is 22.0 Å². The minimum absolute atomic E-state index is 0.00785. The molecule has 2 aromatic rings. The Kier molecular flexibility index (Phi) is 6.52. The number of piperidine rings is 1. The number of aliphatic hydroxyl groups is 1. The summed E-state index contributed by atoms with van der Waals surface area (Å²) in [6.45, 7) is 0.697. The molecule has 1 fully saturated rings. The van der Waals surface area contributed by atoms with Gasteiger partial charge in [0.05, 0.1) is 17.7 Å². The summed E-state index contributed by atoms with van der Waals surface area (Å²) < 4.78 is 0.929. The number of benzene rings is 2. The average Bonchev–Trinajstić information content (AvgIpc) is 2.67. The van der Waals surface area contributed by atoms with Gasteiger partial charge in [-0.15, -0.1) is 0 Å². The summed E-state index contributed by atoms with van der Waals surface area (Å²) in [5.74, 6) is -0.0780. The standard InChI is InChI=1S/C21H20BrClNO2/c22-18-9-2-1-8-17(18)21-15(6-5-10-19(21)23)11-12-20(26)24-13-4-3-7-16(24)14-25/h1-2,5-6,8-9,11-12,16,25H,3-4,7,13-14H2/b12-11+. The molecule has 2 aromatic carbocycles. The van der Waals surface area contributed by atoms with E-state index in [9.17, 15) is 9.90 Å². The zero-order valence-electron chi connectivity index (χ0n) is 14.3. The number of likely N-dealkylation sites (tertiary alicyclic amines) is 1. The number of aliphatic hydroxyl groups excluding tert-OH is 1. The molecular formula is C21H20BrClNO2. The molecule has 0 aromatic heterocycles. The Balaban J connectivity index is 1.91. The molecule has 1 amide bonds. The number of hydrogen-bond acceptors (Lipinski definition) is 2. The molecule has 1 saturated heterocycles. The molecule has 1 atom stereocenters. The molecule has 0 bridgehead atoms. The zero-order chi connectivity index (χ0) is 18.5. The monoisotopic (exact) mass is 432 g/mol. The van der Waals surface area contributed by atoms with Crippen molar-refractivity contribution in [2.24, 2.45) is 0 Å². The van der Waals surface area contributed by atoms with Crippen LogP contribution in [0.25, 0.3) is 17.2 Å². The topological polar surface area (TPSA) is 40.5 Å². The molecule has 3 nitrogen and oxygen atoms in total. The van der Waals surface area contributed by atoms with Gasteiger partial charge < -0.3 is 10.0 Å². The van der Waals surface area contributed by atoms with E-state index in [1.807, 2.05) is 30.3 Å². The van der Waals surface area contributed by atoms with Gasteiger partial charge in [-0.1, -0.05) is 57.9 Å². The zero-order valence-corrected chi connectivity index (χ0v) is 16.6. The van der Waals surface area contributed by atoms with Gasteiger partial charge in [-0.3, -0.25) is 4.79 Å². The summed E-state index contributed by atoms with van der Waals surface area (Å²) >= 11 is 9.97. The Bertz CT molecular complexity index is 821. The fourth-order valence-electron chi connectivity index (χ4n) is 3.30. The van der Waals surface area contributed by atoms with Gasteiger partial charge in [0.2, 0.25) is 5.91 Å². The van der Waals surface area contributed by atoms with Gasteiger partial charge in [-0.2, -0.15) is 0 Å². The quantitative estimate of drug-likeness (QED) is 0.693. The van der Waals surface area contributed by atoms with Gasteiger partial charge in [0.15, 0.2) is 0 Å². The van der Waals surface area contributed by atoms with Crippen molar-refractivity contribution < 1.29 is 9.90 Å². The van der Waals surface area contributed by atoms with Crippen molar-refractivity contribution >= 4 is 39.5 Å². The van der Waals surface area contributed by atoms with Crippen LogP contribution < -0.4 is 0 Å². The Morgan fingerprint density at radius 3 is 2.92 bits per heavy atom.